The number of benzene rings is 1. The molecule has 0 unspecified atom stereocenters. The van der Waals surface area contributed by atoms with Gasteiger partial charge >= 0.3 is 5.97 Å². The molecule has 0 saturated heterocycles. The number of aryl methyl sites for hydroxylation is 2. The average Bonchev–Trinajstić information content (AvgIpc) is 2.84. The highest BCUT2D eigenvalue weighted by atomic mass is 32.1. The Morgan fingerprint density at radius 1 is 1.17 bits per heavy atom. The van der Waals surface area contributed by atoms with Crippen molar-refractivity contribution in [2.75, 3.05) is 11.9 Å². The second kappa shape index (κ2) is 7.57. The van der Waals surface area contributed by atoms with Crippen molar-refractivity contribution in [3.8, 4) is 0 Å². The highest BCUT2D eigenvalue weighted by molar-refractivity contribution is 7.14. The van der Waals surface area contributed by atoms with Crippen molar-refractivity contribution in [2.45, 2.75) is 32.1 Å². The molecule has 1 aliphatic rings. The first-order chi connectivity index (χ1) is 11.6. The molecule has 0 atom stereocenters. The molecular formula is C18H18FNO3S. The number of anilines is 1. The monoisotopic (exact) mass is 347 g/mol. The van der Waals surface area contributed by atoms with Crippen LogP contribution in [0.5, 0.6) is 0 Å². The number of hydrogen-bond acceptors (Lipinski definition) is 4. The Morgan fingerprint density at radius 2 is 2.00 bits per heavy atom. The van der Waals surface area contributed by atoms with Crippen molar-refractivity contribution >= 4 is 28.9 Å². The van der Waals surface area contributed by atoms with Gasteiger partial charge in [-0.1, -0.05) is 12.5 Å². The zero-order chi connectivity index (χ0) is 16.9. The Balaban J connectivity index is 1.54. The summed E-state index contributed by atoms with van der Waals surface area (Å²) in [4.78, 5) is 25.7. The Hall–Kier alpha value is -2.21. The summed E-state index contributed by atoms with van der Waals surface area (Å²) in [6.07, 6.45) is 5.53. The highest BCUT2D eigenvalue weighted by Crippen LogP contribution is 2.29. The van der Waals surface area contributed by atoms with E-state index in [2.05, 4.69) is 5.32 Å². The summed E-state index contributed by atoms with van der Waals surface area (Å²) in [6.45, 7) is -0.391. The van der Waals surface area contributed by atoms with Gasteiger partial charge in [-0.15, -0.1) is 11.3 Å². The van der Waals surface area contributed by atoms with Gasteiger partial charge in [-0.25, -0.2) is 9.18 Å². The number of halogens is 1. The van der Waals surface area contributed by atoms with Crippen LogP contribution in [0.15, 0.2) is 30.3 Å². The third kappa shape index (κ3) is 4.20. The van der Waals surface area contributed by atoms with E-state index < -0.39 is 24.3 Å². The van der Waals surface area contributed by atoms with Gasteiger partial charge in [0.15, 0.2) is 6.61 Å². The normalized spacial score (nSPS) is 13.7. The van der Waals surface area contributed by atoms with Crippen molar-refractivity contribution in [1.82, 2.24) is 0 Å². The van der Waals surface area contributed by atoms with E-state index in [4.69, 9.17) is 4.74 Å². The van der Waals surface area contributed by atoms with Crippen LogP contribution >= 0.6 is 11.3 Å². The van der Waals surface area contributed by atoms with Gasteiger partial charge in [0.1, 0.15) is 10.7 Å². The number of carbonyl (C=O) groups excluding carboxylic acids is 2. The second-order valence-electron chi connectivity index (χ2n) is 5.75. The lowest BCUT2D eigenvalue weighted by Gasteiger charge is -2.06. The first kappa shape index (κ1) is 16.6. The van der Waals surface area contributed by atoms with Crippen LogP contribution in [0.4, 0.5) is 10.1 Å². The quantitative estimate of drug-likeness (QED) is 0.673. The number of ether oxygens (including phenoxy) is 1. The Kier molecular flexibility index (Phi) is 5.25. The lowest BCUT2D eigenvalue weighted by atomic mass is 10.1. The summed E-state index contributed by atoms with van der Waals surface area (Å²) in [6, 6.07) is 7.44. The molecule has 0 radical (unpaired) electrons. The topological polar surface area (TPSA) is 55.4 Å². The van der Waals surface area contributed by atoms with Crippen LogP contribution in [0.25, 0.3) is 0 Å². The van der Waals surface area contributed by atoms with E-state index >= 15 is 0 Å². The summed E-state index contributed by atoms with van der Waals surface area (Å²) in [5.74, 6) is -1.42. The molecule has 3 rings (SSSR count). The molecule has 4 nitrogen and oxygen atoms in total. The summed E-state index contributed by atoms with van der Waals surface area (Å²) in [5, 5.41) is 2.49. The molecule has 1 N–H and O–H groups in total. The van der Waals surface area contributed by atoms with Crippen molar-refractivity contribution < 1.29 is 18.7 Å². The lowest BCUT2D eigenvalue weighted by Crippen LogP contribution is -2.20. The fourth-order valence-corrected chi connectivity index (χ4v) is 3.88. The molecule has 0 saturated carbocycles. The van der Waals surface area contributed by atoms with Crippen LogP contribution in [-0.2, 0) is 22.4 Å². The van der Waals surface area contributed by atoms with E-state index in [-0.39, 0.29) is 0 Å². The summed E-state index contributed by atoms with van der Waals surface area (Å²) >= 11 is 1.46. The van der Waals surface area contributed by atoms with Gasteiger partial charge in [0.2, 0.25) is 0 Å². The summed E-state index contributed by atoms with van der Waals surface area (Å²) in [7, 11) is 0. The maximum absolute atomic E-state index is 13.1. The maximum atomic E-state index is 13.1. The number of rotatable bonds is 4. The van der Waals surface area contributed by atoms with Crippen molar-refractivity contribution in [1.29, 1.82) is 0 Å². The minimum atomic E-state index is -0.493. The van der Waals surface area contributed by atoms with E-state index in [0.717, 1.165) is 25.7 Å². The van der Waals surface area contributed by atoms with Crippen LogP contribution < -0.4 is 5.32 Å². The Labute approximate surface area is 143 Å². The molecule has 1 heterocycles. The summed E-state index contributed by atoms with van der Waals surface area (Å²) < 4.78 is 18.1. The molecule has 126 valence electrons. The molecule has 0 bridgehead atoms. The van der Waals surface area contributed by atoms with Gasteiger partial charge < -0.3 is 10.1 Å². The molecule has 0 spiro atoms. The predicted octanol–water partition coefficient (Wildman–Crippen LogP) is 3.95. The third-order valence-electron chi connectivity index (χ3n) is 3.89. The van der Waals surface area contributed by atoms with Gasteiger partial charge in [-0.3, -0.25) is 4.79 Å². The van der Waals surface area contributed by atoms with E-state index in [9.17, 15) is 14.0 Å². The molecule has 1 aromatic heterocycles. The molecule has 1 aliphatic carbocycles. The van der Waals surface area contributed by atoms with E-state index in [1.807, 2.05) is 6.07 Å². The van der Waals surface area contributed by atoms with Gasteiger partial charge in [-0.2, -0.15) is 0 Å². The molecular weight excluding hydrogens is 329 g/mol. The number of carbonyl (C=O) groups is 2. The first-order valence-electron chi connectivity index (χ1n) is 7.96. The predicted molar refractivity (Wildman–Crippen MR) is 90.9 cm³/mol. The number of hydrogen-bond donors (Lipinski definition) is 1. The van der Waals surface area contributed by atoms with Crippen LogP contribution in [0, 0.1) is 5.82 Å². The van der Waals surface area contributed by atoms with Crippen molar-refractivity contribution in [3.63, 3.8) is 0 Å². The molecule has 1 aromatic carbocycles. The van der Waals surface area contributed by atoms with Gasteiger partial charge in [0.25, 0.3) is 5.91 Å². The van der Waals surface area contributed by atoms with Gasteiger partial charge in [0.05, 0.1) is 0 Å². The second-order valence-corrected chi connectivity index (χ2v) is 6.89. The molecule has 1 amide bonds. The lowest BCUT2D eigenvalue weighted by molar-refractivity contribution is -0.119. The number of nitrogens with one attached hydrogen (secondary N) is 1. The van der Waals surface area contributed by atoms with E-state index in [1.165, 1.54) is 46.4 Å². The smallest absolute Gasteiger partial charge is 0.348 e. The molecule has 6 heteroatoms. The van der Waals surface area contributed by atoms with E-state index in [0.29, 0.717) is 10.6 Å². The molecule has 0 fully saturated rings. The zero-order valence-corrected chi connectivity index (χ0v) is 14.0. The SMILES string of the molecule is O=C(COC(=O)c1cc2c(s1)CCCCC2)Nc1cccc(F)c1. The van der Waals surface area contributed by atoms with Crippen molar-refractivity contribution in [2.24, 2.45) is 0 Å². The van der Waals surface area contributed by atoms with Crippen LogP contribution in [0.2, 0.25) is 0 Å². The summed E-state index contributed by atoms with van der Waals surface area (Å²) in [5.41, 5.74) is 1.56. The third-order valence-corrected chi connectivity index (χ3v) is 5.11. The fourth-order valence-electron chi connectivity index (χ4n) is 2.73. The zero-order valence-electron chi connectivity index (χ0n) is 13.1. The number of esters is 1. The molecule has 24 heavy (non-hydrogen) atoms. The standard InChI is InChI=1S/C18H18FNO3S/c19-13-6-4-7-14(10-13)20-17(21)11-23-18(22)16-9-12-5-2-1-3-8-15(12)24-16/h4,6-7,9-10H,1-3,5,8,11H2,(H,20,21). The number of amides is 1. The minimum Gasteiger partial charge on any atom is -0.451 e. The van der Waals surface area contributed by atoms with Crippen LogP contribution in [0.3, 0.4) is 0 Å². The van der Waals surface area contributed by atoms with E-state index in [1.54, 1.807) is 6.07 Å². The van der Waals surface area contributed by atoms with Gasteiger partial charge in [0, 0.05) is 10.6 Å². The van der Waals surface area contributed by atoms with Crippen LogP contribution in [-0.4, -0.2) is 18.5 Å². The number of fused-ring (bicyclic) bond motifs is 1. The maximum Gasteiger partial charge on any atom is 0.348 e. The highest BCUT2D eigenvalue weighted by Gasteiger charge is 2.18. The molecule has 2 aromatic rings. The first-order valence-corrected chi connectivity index (χ1v) is 8.77. The average molecular weight is 347 g/mol. The Bertz CT molecular complexity index is 733. The largest absolute Gasteiger partial charge is 0.451 e. The van der Waals surface area contributed by atoms with Crippen molar-refractivity contribution in [3.05, 3.63) is 51.5 Å². The Morgan fingerprint density at radius 3 is 2.83 bits per heavy atom. The number of thiophene rings is 1. The minimum absolute atomic E-state index is 0.332. The fraction of sp³-hybridized carbons (Fsp3) is 0.333. The molecule has 0 aliphatic heterocycles. The van der Waals surface area contributed by atoms with Crippen LogP contribution in [0.1, 0.15) is 39.4 Å². The van der Waals surface area contributed by atoms with Gasteiger partial charge in [-0.05, 0) is 55.5 Å².